The average molecular weight is 409 g/mol. The number of hydrogen-bond acceptors (Lipinski definition) is 7. The molecular weight excluding hydrogens is 390 g/mol. The van der Waals surface area contributed by atoms with Gasteiger partial charge in [-0.15, -0.1) is 11.3 Å². The molecule has 7 nitrogen and oxygen atoms in total. The number of amides is 1. The lowest BCUT2D eigenvalue weighted by Crippen LogP contribution is -2.30. The van der Waals surface area contributed by atoms with Crippen molar-refractivity contribution in [3.63, 3.8) is 0 Å². The summed E-state index contributed by atoms with van der Waals surface area (Å²) in [7, 11) is 3.16. The Morgan fingerprint density at radius 1 is 1.17 bits per heavy atom. The average Bonchev–Trinajstić information content (AvgIpc) is 3.21. The molecule has 1 amide bonds. The fourth-order valence-corrected chi connectivity index (χ4v) is 3.29. The van der Waals surface area contributed by atoms with Crippen LogP contribution in [0.2, 0.25) is 0 Å². The molecule has 0 fully saturated rings. The van der Waals surface area contributed by atoms with Crippen LogP contribution >= 0.6 is 11.3 Å². The lowest BCUT2D eigenvalue weighted by Gasteiger charge is -2.14. The van der Waals surface area contributed by atoms with E-state index in [-0.39, 0.29) is 5.91 Å². The number of carbonyl (C=O) groups is 1. The molecule has 1 N–H and O–H groups in total. The lowest BCUT2D eigenvalue weighted by molar-refractivity contribution is -0.122. The largest absolute Gasteiger partial charge is 0.497 e. The van der Waals surface area contributed by atoms with Gasteiger partial charge in [0, 0.05) is 17.0 Å². The molecule has 0 bridgehead atoms. The van der Waals surface area contributed by atoms with Crippen LogP contribution < -0.4 is 19.5 Å². The summed E-state index contributed by atoms with van der Waals surface area (Å²) in [6, 6.07) is 14.3. The van der Waals surface area contributed by atoms with Crippen molar-refractivity contribution in [3.05, 3.63) is 53.4 Å². The van der Waals surface area contributed by atoms with Gasteiger partial charge >= 0.3 is 0 Å². The molecule has 0 saturated heterocycles. The van der Waals surface area contributed by atoms with E-state index in [4.69, 9.17) is 19.5 Å². The van der Waals surface area contributed by atoms with E-state index >= 15 is 0 Å². The molecule has 0 aliphatic heterocycles. The maximum atomic E-state index is 12.5. The van der Waals surface area contributed by atoms with Gasteiger partial charge in [-0.1, -0.05) is 12.1 Å². The number of methoxy groups -OCH3 is 2. The molecule has 1 atom stereocenters. The molecule has 0 radical (unpaired) electrons. The molecular formula is C21H19N3O4S. The van der Waals surface area contributed by atoms with Crippen molar-refractivity contribution >= 4 is 22.4 Å². The summed E-state index contributed by atoms with van der Waals surface area (Å²) in [5.74, 6) is 1.30. The number of nitrogens with zero attached hydrogens (tertiary/aromatic N) is 2. The Hall–Kier alpha value is -3.57. The summed E-state index contributed by atoms with van der Waals surface area (Å²) in [5, 5.41) is 14.1. The monoisotopic (exact) mass is 409 g/mol. The van der Waals surface area contributed by atoms with Gasteiger partial charge in [-0.25, -0.2) is 4.98 Å². The van der Waals surface area contributed by atoms with Crippen LogP contribution in [0.25, 0.3) is 11.3 Å². The number of anilines is 1. The normalized spacial score (nSPS) is 11.2. The number of hydrogen-bond donors (Lipinski definition) is 1. The van der Waals surface area contributed by atoms with E-state index in [1.165, 1.54) is 11.3 Å². The minimum absolute atomic E-state index is 0.361. The second kappa shape index (κ2) is 9.08. The first kappa shape index (κ1) is 20.2. The van der Waals surface area contributed by atoms with E-state index in [0.29, 0.717) is 33.6 Å². The summed E-state index contributed by atoms with van der Waals surface area (Å²) in [6.07, 6.45) is -0.799. The number of rotatable bonds is 7. The number of nitrogens with one attached hydrogen (secondary N) is 1. The van der Waals surface area contributed by atoms with E-state index in [1.54, 1.807) is 51.5 Å². The molecule has 148 valence electrons. The number of carbonyl (C=O) groups excluding carboxylic acids is 1. The van der Waals surface area contributed by atoms with Crippen LogP contribution in [0.15, 0.2) is 47.8 Å². The van der Waals surface area contributed by atoms with E-state index in [1.807, 2.05) is 23.6 Å². The zero-order valence-electron chi connectivity index (χ0n) is 16.1. The van der Waals surface area contributed by atoms with Crippen LogP contribution in [-0.2, 0) is 4.79 Å². The molecule has 1 aromatic heterocycles. The predicted octanol–water partition coefficient (Wildman–Crippen LogP) is 4.10. The van der Waals surface area contributed by atoms with Crippen molar-refractivity contribution in [2.24, 2.45) is 0 Å². The molecule has 1 heterocycles. The van der Waals surface area contributed by atoms with Crippen molar-refractivity contribution in [1.82, 2.24) is 4.98 Å². The van der Waals surface area contributed by atoms with Crippen LogP contribution in [0.4, 0.5) is 5.13 Å². The maximum absolute atomic E-state index is 12.5. The van der Waals surface area contributed by atoms with Crippen molar-refractivity contribution in [2.75, 3.05) is 19.5 Å². The van der Waals surface area contributed by atoms with E-state index in [9.17, 15) is 4.79 Å². The molecule has 29 heavy (non-hydrogen) atoms. The smallest absolute Gasteiger partial charge is 0.266 e. The molecule has 3 rings (SSSR count). The van der Waals surface area contributed by atoms with Gasteiger partial charge in [0.25, 0.3) is 5.91 Å². The van der Waals surface area contributed by atoms with Gasteiger partial charge in [0.05, 0.1) is 25.5 Å². The van der Waals surface area contributed by atoms with E-state index in [2.05, 4.69) is 10.3 Å². The molecule has 0 aliphatic carbocycles. The minimum Gasteiger partial charge on any atom is -0.497 e. The highest BCUT2D eigenvalue weighted by atomic mass is 32.1. The molecule has 8 heteroatoms. The summed E-state index contributed by atoms with van der Waals surface area (Å²) < 4.78 is 16.3. The maximum Gasteiger partial charge on any atom is 0.266 e. The van der Waals surface area contributed by atoms with E-state index < -0.39 is 6.10 Å². The molecule has 0 spiro atoms. The standard InChI is InChI=1S/C21H19N3O4S/c1-13(28-18-7-5-4-6-14(18)11-22)20(25)24-21-23-17(12-29-21)16-9-8-15(26-2)10-19(16)27-3/h4-10,12-13H,1-3H3,(H,23,24,25). The first-order chi connectivity index (χ1) is 14.0. The zero-order chi connectivity index (χ0) is 20.8. The number of aromatic nitrogens is 1. The summed E-state index contributed by atoms with van der Waals surface area (Å²) in [4.78, 5) is 16.9. The Labute approximate surface area is 172 Å². The zero-order valence-corrected chi connectivity index (χ0v) is 16.9. The van der Waals surface area contributed by atoms with Gasteiger partial charge in [-0.3, -0.25) is 10.1 Å². The number of thiazole rings is 1. The van der Waals surface area contributed by atoms with Crippen molar-refractivity contribution in [2.45, 2.75) is 13.0 Å². The Morgan fingerprint density at radius 3 is 2.69 bits per heavy atom. The Balaban J connectivity index is 1.71. The van der Waals surface area contributed by atoms with Crippen molar-refractivity contribution in [1.29, 1.82) is 5.26 Å². The van der Waals surface area contributed by atoms with Crippen LogP contribution in [0.3, 0.4) is 0 Å². The first-order valence-corrected chi connectivity index (χ1v) is 9.58. The van der Waals surface area contributed by atoms with Gasteiger partial charge in [0.15, 0.2) is 11.2 Å². The van der Waals surface area contributed by atoms with Gasteiger partial charge in [0.1, 0.15) is 23.3 Å². The Morgan fingerprint density at radius 2 is 1.97 bits per heavy atom. The quantitative estimate of drug-likeness (QED) is 0.631. The SMILES string of the molecule is COc1ccc(-c2csc(NC(=O)C(C)Oc3ccccc3C#N)n2)c(OC)c1. The molecule has 0 saturated carbocycles. The Bertz CT molecular complexity index is 1060. The van der Waals surface area contributed by atoms with Gasteiger partial charge < -0.3 is 14.2 Å². The second-order valence-corrected chi connectivity index (χ2v) is 6.82. The number of para-hydroxylation sites is 1. The molecule has 1 unspecified atom stereocenters. The van der Waals surface area contributed by atoms with Crippen molar-refractivity contribution in [3.8, 4) is 34.6 Å². The third-order valence-electron chi connectivity index (χ3n) is 4.10. The highest BCUT2D eigenvalue weighted by Gasteiger charge is 2.19. The molecule has 3 aromatic rings. The fourth-order valence-electron chi connectivity index (χ4n) is 2.58. The van der Waals surface area contributed by atoms with Crippen LogP contribution in [0.1, 0.15) is 12.5 Å². The van der Waals surface area contributed by atoms with Crippen LogP contribution in [-0.4, -0.2) is 31.2 Å². The minimum atomic E-state index is -0.799. The van der Waals surface area contributed by atoms with Gasteiger partial charge in [0.2, 0.25) is 0 Å². The highest BCUT2D eigenvalue weighted by molar-refractivity contribution is 7.14. The first-order valence-electron chi connectivity index (χ1n) is 8.70. The lowest BCUT2D eigenvalue weighted by atomic mass is 10.1. The fraction of sp³-hybridized carbons (Fsp3) is 0.190. The molecule has 0 aliphatic rings. The molecule has 2 aromatic carbocycles. The summed E-state index contributed by atoms with van der Waals surface area (Å²) in [6.45, 7) is 1.62. The van der Waals surface area contributed by atoms with Crippen LogP contribution in [0, 0.1) is 11.3 Å². The Kier molecular flexibility index (Phi) is 6.32. The van der Waals surface area contributed by atoms with Crippen LogP contribution in [0.5, 0.6) is 17.2 Å². The predicted molar refractivity (Wildman–Crippen MR) is 111 cm³/mol. The number of nitriles is 1. The number of benzene rings is 2. The second-order valence-electron chi connectivity index (χ2n) is 5.96. The summed E-state index contributed by atoms with van der Waals surface area (Å²) >= 11 is 1.30. The van der Waals surface area contributed by atoms with Crippen molar-refractivity contribution < 1.29 is 19.0 Å². The summed E-state index contributed by atoms with van der Waals surface area (Å²) in [5.41, 5.74) is 1.83. The van der Waals surface area contributed by atoms with Gasteiger partial charge in [-0.05, 0) is 31.2 Å². The van der Waals surface area contributed by atoms with E-state index in [0.717, 1.165) is 5.56 Å². The number of ether oxygens (including phenoxy) is 3. The third-order valence-corrected chi connectivity index (χ3v) is 4.86. The van der Waals surface area contributed by atoms with Gasteiger partial charge in [-0.2, -0.15) is 5.26 Å². The third kappa shape index (κ3) is 4.65. The highest BCUT2D eigenvalue weighted by Crippen LogP contribution is 2.34. The topological polar surface area (TPSA) is 93.5 Å².